The minimum absolute atomic E-state index is 0.0318. The van der Waals surface area contributed by atoms with Gasteiger partial charge in [0.15, 0.2) is 0 Å². The zero-order chi connectivity index (χ0) is 13.2. The van der Waals surface area contributed by atoms with Gasteiger partial charge in [0.1, 0.15) is 0 Å². The monoisotopic (exact) mass is 267 g/mol. The fourth-order valence-electron chi connectivity index (χ4n) is 2.86. The van der Waals surface area contributed by atoms with Crippen LogP contribution in [-0.4, -0.2) is 23.5 Å². The van der Waals surface area contributed by atoms with Crippen molar-refractivity contribution in [2.75, 3.05) is 13.1 Å². The van der Waals surface area contributed by atoms with Gasteiger partial charge in [-0.25, -0.2) is 0 Å². The van der Waals surface area contributed by atoms with Crippen molar-refractivity contribution in [2.45, 2.75) is 38.3 Å². The van der Waals surface area contributed by atoms with Crippen molar-refractivity contribution in [3.8, 4) is 0 Å². The molecule has 0 spiro atoms. The van der Waals surface area contributed by atoms with E-state index >= 15 is 0 Å². The number of likely N-dealkylation sites (tertiary alicyclic amines) is 1. The van der Waals surface area contributed by atoms with E-state index in [4.69, 9.17) is 17.4 Å². The molecule has 1 aromatic rings. The molecule has 0 saturated carbocycles. The van der Waals surface area contributed by atoms with Gasteiger partial charge in [0.2, 0.25) is 0 Å². The lowest BCUT2D eigenvalue weighted by Crippen LogP contribution is -2.53. The highest BCUT2D eigenvalue weighted by Gasteiger charge is 2.37. The van der Waals surface area contributed by atoms with Crippen LogP contribution < -0.4 is 11.3 Å². The highest BCUT2D eigenvalue weighted by molar-refractivity contribution is 6.31. The van der Waals surface area contributed by atoms with Crippen molar-refractivity contribution < 1.29 is 0 Å². The lowest BCUT2D eigenvalue weighted by molar-refractivity contribution is 0.107. The molecule has 1 saturated heterocycles. The van der Waals surface area contributed by atoms with Crippen molar-refractivity contribution in [1.82, 2.24) is 10.3 Å². The summed E-state index contributed by atoms with van der Waals surface area (Å²) in [4.78, 5) is 2.49. The first-order valence-corrected chi connectivity index (χ1v) is 6.91. The van der Waals surface area contributed by atoms with Crippen LogP contribution in [0.4, 0.5) is 0 Å². The average molecular weight is 268 g/mol. The van der Waals surface area contributed by atoms with Gasteiger partial charge in [-0.2, -0.15) is 0 Å². The largest absolute Gasteiger partial charge is 0.296 e. The number of halogens is 1. The van der Waals surface area contributed by atoms with Crippen LogP contribution in [0.3, 0.4) is 0 Å². The second-order valence-corrected chi connectivity index (χ2v) is 5.88. The SMILES string of the molecule is CC(C)(C(NN)c1ccccc1Cl)N1CCCC1. The summed E-state index contributed by atoms with van der Waals surface area (Å²) in [6.07, 6.45) is 2.53. The Balaban J connectivity index is 2.30. The first-order chi connectivity index (χ1) is 8.57. The Morgan fingerprint density at radius 3 is 2.44 bits per heavy atom. The molecule has 0 amide bonds. The number of benzene rings is 1. The van der Waals surface area contributed by atoms with Crippen LogP contribution >= 0.6 is 11.6 Å². The van der Waals surface area contributed by atoms with E-state index in [0.717, 1.165) is 23.7 Å². The lowest BCUT2D eigenvalue weighted by Gasteiger charge is -2.42. The van der Waals surface area contributed by atoms with E-state index in [0.29, 0.717) is 0 Å². The molecule has 0 aromatic heterocycles. The molecule has 0 radical (unpaired) electrons. The Morgan fingerprint density at radius 1 is 1.28 bits per heavy atom. The molecule has 1 aliphatic heterocycles. The number of hydrogen-bond donors (Lipinski definition) is 2. The minimum Gasteiger partial charge on any atom is -0.296 e. The van der Waals surface area contributed by atoms with Gasteiger partial charge < -0.3 is 0 Å². The molecule has 1 aliphatic rings. The highest BCUT2D eigenvalue weighted by Crippen LogP contribution is 2.35. The van der Waals surface area contributed by atoms with Crippen LogP contribution in [-0.2, 0) is 0 Å². The van der Waals surface area contributed by atoms with Crippen LogP contribution in [0.1, 0.15) is 38.3 Å². The number of nitrogens with one attached hydrogen (secondary N) is 1. The molecule has 18 heavy (non-hydrogen) atoms. The molecule has 1 unspecified atom stereocenters. The topological polar surface area (TPSA) is 41.3 Å². The second kappa shape index (κ2) is 5.57. The van der Waals surface area contributed by atoms with E-state index < -0.39 is 0 Å². The van der Waals surface area contributed by atoms with Gasteiger partial charge in [0, 0.05) is 10.6 Å². The third-order valence-corrected chi connectivity index (χ3v) is 4.35. The standard InChI is InChI=1S/C14H22ClN3/c1-14(2,18-9-5-6-10-18)13(17-16)11-7-3-4-8-12(11)15/h3-4,7-8,13,17H,5-6,9-10,16H2,1-2H3. The van der Waals surface area contributed by atoms with Crippen molar-refractivity contribution >= 4 is 11.6 Å². The smallest absolute Gasteiger partial charge is 0.0653 e. The molecule has 1 fully saturated rings. The summed E-state index contributed by atoms with van der Waals surface area (Å²) in [5, 5.41) is 0.771. The fourth-order valence-corrected chi connectivity index (χ4v) is 3.10. The van der Waals surface area contributed by atoms with Crippen molar-refractivity contribution in [3.05, 3.63) is 34.9 Å². The van der Waals surface area contributed by atoms with Gasteiger partial charge in [0.25, 0.3) is 0 Å². The summed E-state index contributed by atoms with van der Waals surface area (Å²) in [6, 6.07) is 7.95. The Bertz CT molecular complexity index is 400. The van der Waals surface area contributed by atoms with E-state index in [1.165, 1.54) is 12.8 Å². The van der Waals surface area contributed by atoms with Crippen molar-refractivity contribution in [3.63, 3.8) is 0 Å². The van der Waals surface area contributed by atoms with E-state index in [1.54, 1.807) is 0 Å². The summed E-state index contributed by atoms with van der Waals surface area (Å²) in [6.45, 7) is 6.73. The van der Waals surface area contributed by atoms with Gasteiger partial charge in [-0.1, -0.05) is 29.8 Å². The Hall–Kier alpha value is -0.610. The van der Waals surface area contributed by atoms with Gasteiger partial charge in [-0.3, -0.25) is 16.2 Å². The molecule has 1 atom stereocenters. The molecule has 1 aromatic carbocycles. The van der Waals surface area contributed by atoms with Crippen molar-refractivity contribution in [1.29, 1.82) is 0 Å². The van der Waals surface area contributed by atoms with E-state index in [9.17, 15) is 0 Å². The molecule has 100 valence electrons. The Morgan fingerprint density at radius 2 is 1.89 bits per heavy atom. The molecular weight excluding hydrogens is 246 g/mol. The lowest BCUT2D eigenvalue weighted by atomic mass is 9.87. The summed E-state index contributed by atoms with van der Waals surface area (Å²) in [5.41, 5.74) is 3.97. The van der Waals surface area contributed by atoms with Gasteiger partial charge >= 0.3 is 0 Å². The van der Waals surface area contributed by atoms with Gasteiger partial charge in [-0.05, 0) is 51.4 Å². The minimum atomic E-state index is -0.0454. The molecule has 0 aliphatic carbocycles. The number of rotatable bonds is 4. The quantitative estimate of drug-likeness (QED) is 0.651. The van der Waals surface area contributed by atoms with Crippen LogP contribution in [0, 0.1) is 0 Å². The van der Waals surface area contributed by atoms with E-state index in [-0.39, 0.29) is 11.6 Å². The number of hydrogen-bond acceptors (Lipinski definition) is 3. The first kappa shape index (κ1) is 13.8. The van der Waals surface area contributed by atoms with Gasteiger partial charge in [-0.15, -0.1) is 0 Å². The Labute approximate surface area is 114 Å². The predicted octanol–water partition coefficient (Wildman–Crippen LogP) is 2.72. The average Bonchev–Trinajstić information content (AvgIpc) is 2.86. The first-order valence-electron chi connectivity index (χ1n) is 6.53. The zero-order valence-corrected chi connectivity index (χ0v) is 11.9. The normalized spacial score (nSPS) is 19.1. The molecule has 3 N–H and O–H groups in total. The van der Waals surface area contributed by atoms with Crippen LogP contribution in [0.15, 0.2) is 24.3 Å². The molecule has 0 bridgehead atoms. The fraction of sp³-hybridized carbons (Fsp3) is 0.571. The molecule has 4 heteroatoms. The summed E-state index contributed by atoms with van der Waals surface area (Å²) in [5.74, 6) is 5.79. The number of nitrogens with zero attached hydrogens (tertiary/aromatic N) is 1. The molecule has 1 heterocycles. The maximum Gasteiger partial charge on any atom is 0.0653 e. The van der Waals surface area contributed by atoms with Crippen LogP contribution in [0.5, 0.6) is 0 Å². The van der Waals surface area contributed by atoms with Crippen LogP contribution in [0.2, 0.25) is 5.02 Å². The predicted molar refractivity (Wildman–Crippen MR) is 76.4 cm³/mol. The summed E-state index contributed by atoms with van der Waals surface area (Å²) in [7, 11) is 0. The summed E-state index contributed by atoms with van der Waals surface area (Å²) < 4.78 is 0. The maximum atomic E-state index is 6.30. The van der Waals surface area contributed by atoms with E-state index in [2.05, 4.69) is 24.2 Å². The van der Waals surface area contributed by atoms with E-state index in [1.807, 2.05) is 24.3 Å². The molecule has 2 rings (SSSR count). The molecule has 3 nitrogen and oxygen atoms in total. The third-order valence-electron chi connectivity index (χ3n) is 4.01. The highest BCUT2D eigenvalue weighted by atomic mass is 35.5. The zero-order valence-electron chi connectivity index (χ0n) is 11.1. The van der Waals surface area contributed by atoms with Crippen LogP contribution in [0.25, 0.3) is 0 Å². The second-order valence-electron chi connectivity index (χ2n) is 5.47. The van der Waals surface area contributed by atoms with Gasteiger partial charge in [0.05, 0.1) is 6.04 Å². The Kier molecular flexibility index (Phi) is 4.28. The van der Waals surface area contributed by atoms with Crippen molar-refractivity contribution in [2.24, 2.45) is 5.84 Å². The number of nitrogens with two attached hydrogens (primary N) is 1. The summed E-state index contributed by atoms with van der Waals surface area (Å²) >= 11 is 6.30. The third kappa shape index (κ3) is 2.54. The molecular formula is C14H22ClN3. The maximum absolute atomic E-state index is 6.30. The number of hydrazine groups is 1.